The van der Waals surface area contributed by atoms with Crippen molar-refractivity contribution in [2.45, 2.75) is 59.3 Å². The van der Waals surface area contributed by atoms with Gasteiger partial charge in [0.05, 0.1) is 14.3 Å². The number of hydrogen-bond donors (Lipinski definition) is 1. The molecule has 0 amide bonds. The molecule has 0 aromatic heterocycles. The highest BCUT2D eigenvalue weighted by Crippen LogP contribution is 2.17. The summed E-state index contributed by atoms with van der Waals surface area (Å²) in [7, 11) is 2.57. The fourth-order valence-corrected chi connectivity index (χ4v) is 1.86. The summed E-state index contributed by atoms with van der Waals surface area (Å²) < 4.78 is 0. The van der Waals surface area contributed by atoms with E-state index in [4.69, 9.17) is 0 Å². The molecule has 0 aromatic carbocycles. The zero-order valence-electron chi connectivity index (χ0n) is 11.5. The Balaban J connectivity index is 4.13. The second-order valence-electron chi connectivity index (χ2n) is 5.56. The van der Waals surface area contributed by atoms with E-state index in [0.717, 1.165) is 0 Å². The average molecular weight is 207 g/mol. The molecular formula is C12H27B2N. The largest absolute Gasteiger partial charge is 0.309 e. The summed E-state index contributed by atoms with van der Waals surface area (Å²) in [5.74, 6) is 0.547. The van der Waals surface area contributed by atoms with Gasteiger partial charge in [-0.25, -0.2) is 0 Å². The lowest BCUT2D eigenvalue weighted by molar-refractivity contribution is 0.329. The van der Waals surface area contributed by atoms with Gasteiger partial charge in [-0.15, -0.1) is 0 Å². The van der Waals surface area contributed by atoms with Crippen molar-refractivity contribution in [1.29, 1.82) is 0 Å². The molecule has 1 nitrogen and oxygen atoms in total. The molecule has 0 rings (SSSR count). The quantitative estimate of drug-likeness (QED) is 0.498. The summed E-state index contributed by atoms with van der Waals surface area (Å²) in [4.78, 5) is 0. The number of hydrogen-bond acceptors (Lipinski definition) is 1. The van der Waals surface area contributed by atoms with E-state index in [-0.39, 0.29) is 5.54 Å². The van der Waals surface area contributed by atoms with Crippen LogP contribution in [0.4, 0.5) is 0 Å². The molecule has 3 heteroatoms. The first-order valence-corrected chi connectivity index (χ1v) is 6.23. The molecule has 86 valence electrons. The lowest BCUT2D eigenvalue weighted by Gasteiger charge is -2.33. The molecule has 0 bridgehead atoms. The van der Waals surface area contributed by atoms with Crippen molar-refractivity contribution in [3.8, 4) is 0 Å². The van der Waals surface area contributed by atoms with Crippen molar-refractivity contribution < 1.29 is 0 Å². The fraction of sp³-hybridized carbons (Fsp3) is 0.833. The van der Waals surface area contributed by atoms with Gasteiger partial charge in [-0.05, 0) is 33.6 Å². The molecule has 0 aliphatic heterocycles. The molecule has 0 spiro atoms. The van der Waals surface area contributed by atoms with Crippen LogP contribution in [0, 0.1) is 5.92 Å². The first kappa shape index (κ1) is 14.8. The van der Waals surface area contributed by atoms with Gasteiger partial charge in [0.15, 0.2) is 0 Å². The van der Waals surface area contributed by atoms with Gasteiger partial charge < -0.3 is 5.32 Å². The molecule has 0 aromatic rings. The third kappa shape index (κ3) is 6.09. The minimum atomic E-state index is 0.249. The number of nitrogens with one attached hydrogen (secondary N) is 1. The van der Waals surface area contributed by atoms with Gasteiger partial charge in [0, 0.05) is 11.6 Å². The van der Waals surface area contributed by atoms with Crippen molar-refractivity contribution in [1.82, 2.24) is 5.32 Å². The van der Waals surface area contributed by atoms with Crippen LogP contribution in [0.1, 0.15) is 34.6 Å². The molecule has 0 aliphatic carbocycles. The normalized spacial score (nSPS) is 15.6. The van der Waals surface area contributed by atoms with Gasteiger partial charge >= 0.3 is 0 Å². The highest BCUT2D eigenvalue weighted by atomic mass is 15.0. The topological polar surface area (TPSA) is 12.0 Å². The van der Waals surface area contributed by atoms with Crippen molar-refractivity contribution in [3.63, 3.8) is 0 Å². The number of rotatable bonds is 7. The van der Waals surface area contributed by atoms with Crippen LogP contribution >= 0.6 is 0 Å². The Hall–Kier alpha value is -0.170. The van der Waals surface area contributed by atoms with E-state index < -0.39 is 0 Å². The van der Waals surface area contributed by atoms with E-state index in [1.165, 1.54) is 26.2 Å². The van der Waals surface area contributed by atoms with Crippen LogP contribution in [0.2, 0.25) is 13.1 Å². The summed E-state index contributed by atoms with van der Waals surface area (Å²) in [5, 5.41) is 3.71. The molecule has 0 fully saturated rings. The first-order valence-electron chi connectivity index (χ1n) is 6.23. The van der Waals surface area contributed by atoms with Crippen LogP contribution in [0.5, 0.6) is 0 Å². The highest BCUT2D eigenvalue weighted by molar-refractivity contribution is 7.00. The standard InChI is InChI=1S/C12H27B2N/c1-9(2)10(3)11(4)15-12(5,6)8-14-13-7/h10-11,13-15H,1,8H2,2-7H3. The summed E-state index contributed by atoms with van der Waals surface area (Å²) in [6.45, 7) is 17.5. The van der Waals surface area contributed by atoms with E-state index in [1.54, 1.807) is 0 Å². The first-order chi connectivity index (χ1) is 6.80. The third-order valence-corrected chi connectivity index (χ3v) is 3.30. The monoisotopic (exact) mass is 207 g/mol. The molecule has 0 aliphatic rings. The van der Waals surface area contributed by atoms with Crippen molar-refractivity contribution in [3.05, 3.63) is 12.2 Å². The average Bonchev–Trinajstić information content (AvgIpc) is 2.12. The van der Waals surface area contributed by atoms with E-state index >= 15 is 0 Å². The molecule has 2 atom stereocenters. The van der Waals surface area contributed by atoms with Crippen molar-refractivity contribution >= 4 is 14.3 Å². The predicted molar refractivity (Wildman–Crippen MR) is 75.6 cm³/mol. The molecule has 0 radical (unpaired) electrons. The SMILES string of the molecule is C=C(C)C(C)C(C)NC(C)(C)CBBC. The molecule has 0 saturated heterocycles. The van der Waals surface area contributed by atoms with Crippen LogP contribution in [-0.2, 0) is 0 Å². The Labute approximate surface area is 97.6 Å². The zero-order chi connectivity index (χ0) is 12.1. The molecule has 0 saturated carbocycles. The maximum atomic E-state index is 4.03. The summed E-state index contributed by atoms with van der Waals surface area (Å²) in [5.41, 5.74) is 1.51. The van der Waals surface area contributed by atoms with Crippen LogP contribution in [0.25, 0.3) is 0 Å². The predicted octanol–water partition coefficient (Wildman–Crippen LogP) is 2.21. The van der Waals surface area contributed by atoms with Gasteiger partial charge in [0.25, 0.3) is 0 Å². The van der Waals surface area contributed by atoms with Crippen molar-refractivity contribution in [2.75, 3.05) is 0 Å². The molecule has 2 unspecified atom stereocenters. The Morgan fingerprint density at radius 3 is 2.33 bits per heavy atom. The second kappa shape index (κ2) is 6.42. The van der Waals surface area contributed by atoms with E-state index in [9.17, 15) is 0 Å². The molecular weight excluding hydrogens is 180 g/mol. The van der Waals surface area contributed by atoms with Gasteiger partial charge in [0.1, 0.15) is 0 Å². The summed E-state index contributed by atoms with van der Waals surface area (Å²) in [6.07, 6.45) is 1.25. The highest BCUT2D eigenvalue weighted by Gasteiger charge is 2.22. The zero-order valence-corrected chi connectivity index (χ0v) is 11.5. The van der Waals surface area contributed by atoms with E-state index in [1.807, 2.05) is 0 Å². The lowest BCUT2D eigenvalue weighted by Crippen LogP contribution is -2.48. The Morgan fingerprint density at radius 2 is 1.93 bits per heavy atom. The molecule has 0 heterocycles. The van der Waals surface area contributed by atoms with E-state index in [2.05, 4.69) is 53.3 Å². The summed E-state index contributed by atoms with van der Waals surface area (Å²) in [6, 6.07) is 0.509. The summed E-state index contributed by atoms with van der Waals surface area (Å²) >= 11 is 0. The molecule has 15 heavy (non-hydrogen) atoms. The maximum absolute atomic E-state index is 4.03. The second-order valence-corrected chi connectivity index (χ2v) is 5.56. The maximum Gasteiger partial charge on any atom is 0.0884 e. The minimum Gasteiger partial charge on any atom is -0.309 e. The van der Waals surface area contributed by atoms with Gasteiger partial charge in [-0.2, -0.15) is 0 Å². The smallest absolute Gasteiger partial charge is 0.0884 e. The minimum absolute atomic E-state index is 0.249. The van der Waals surface area contributed by atoms with Crippen LogP contribution in [-0.4, -0.2) is 25.9 Å². The van der Waals surface area contributed by atoms with Crippen molar-refractivity contribution in [2.24, 2.45) is 5.92 Å². The third-order valence-electron chi connectivity index (χ3n) is 3.30. The van der Waals surface area contributed by atoms with Gasteiger partial charge in [-0.3, -0.25) is 0 Å². The van der Waals surface area contributed by atoms with Gasteiger partial charge in [-0.1, -0.05) is 32.2 Å². The Morgan fingerprint density at radius 1 is 1.40 bits per heavy atom. The van der Waals surface area contributed by atoms with Crippen LogP contribution in [0.15, 0.2) is 12.2 Å². The van der Waals surface area contributed by atoms with Crippen LogP contribution < -0.4 is 5.32 Å². The fourth-order valence-electron chi connectivity index (χ4n) is 1.86. The van der Waals surface area contributed by atoms with Crippen LogP contribution in [0.3, 0.4) is 0 Å². The Bertz CT molecular complexity index is 202. The van der Waals surface area contributed by atoms with E-state index in [0.29, 0.717) is 12.0 Å². The molecule has 1 N–H and O–H groups in total. The van der Waals surface area contributed by atoms with Gasteiger partial charge in [0.2, 0.25) is 0 Å². The lowest BCUT2D eigenvalue weighted by atomic mass is 9.37. The Kier molecular flexibility index (Phi) is 6.35.